The Kier molecular flexibility index (Phi) is 3.81. The van der Waals surface area contributed by atoms with Crippen LogP contribution < -0.4 is 5.43 Å². The van der Waals surface area contributed by atoms with Crippen LogP contribution >= 0.6 is 0 Å². The van der Waals surface area contributed by atoms with Gasteiger partial charge in [-0.25, -0.2) is 5.43 Å². The second-order valence-electron chi connectivity index (χ2n) is 5.87. The van der Waals surface area contributed by atoms with E-state index in [1.54, 1.807) is 12.2 Å². The molecule has 3 heterocycles. The van der Waals surface area contributed by atoms with Crippen molar-refractivity contribution in [3.8, 4) is 0 Å². The van der Waals surface area contributed by atoms with E-state index >= 15 is 0 Å². The molecule has 2 atom stereocenters. The molecule has 0 aromatic rings. The Hall–Kier alpha value is -2.45. The van der Waals surface area contributed by atoms with E-state index in [9.17, 15) is 18.0 Å². The van der Waals surface area contributed by atoms with E-state index < -0.39 is 18.0 Å². The van der Waals surface area contributed by atoms with E-state index in [4.69, 9.17) is 4.74 Å². The van der Waals surface area contributed by atoms with Gasteiger partial charge in [-0.1, -0.05) is 6.92 Å². The Morgan fingerprint density at radius 1 is 1.38 bits per heavy atom. The Morgan fingerprint density at radius 2 is 2.08 bits per heavy atom. The summed E-state index contributed by atoms with van der Waals surface area (Å²) in [5.74, 6) is -0.0148. The molecule has 0 fully saturated rings. The van der Waals surface area contributed by atoms with E-state index in [-0.39, 0.29) is 18.2 Å². The molecule has 0 bridgehead atoms. The molecular weight excluding hydrogens is 325 g/mol. The minimum Gasteiger partial charge on any atom is -0.497 e. The van der Waals surface area contributed by atoms with E-state index in [1.165, 1.54) is 19.1 Å². The van der Waals surface area contributed by atoms with Crippen LogP contribution in [-0.4, -0.2) is 47.9 Å². The third-order valence-corrected chi connectivity index (χ3v) is 4.26. The van der Waals surface area contributed by atoms with Crippen molar-refractivity contribution < 1.29 is 22.7 Å². The number of fused-ring (bicyclic) bond motifs is 1. The lowest BCUT2D eigenvalue weighted by Crippen LogP contribution is -2.45. The normalized spacial score (nSPS) is 27.0. The van der Waals surface area contributed by atoms with Crippen LogP contribution in [0.2, 0.25) is 0 Å². The van der Waals surface area contributed by atoms with Crippen molar-refractivity contribution in [2.45, 2.75) is 25.7 Å². The Labute approximate surface area is 136 Å². The fourth-order valence-corrected chi connectivity index (χ4v) is 3.10. The summed E-state index contributed by atoms with van der Waals surface area (Å²) in [6.07, 6.45) is -0.642. The smallest absolute Gasteiger partial charge is 0.432 e. The summed E-state index contributed by atoms with van der Waals surface area (Å²) in [5.41, 5.74) is 2.68. The molecule has 6 nitrogen and oxygen atoms in total. The highest BCUT2D eigenvalue weighted by molar-refractivity contribution is 6.05. The van der Waals surface area contributed by atoms with Gasteiger partial charge in [-0.2, -0.15) is 18.3 Å². The van der Waals surface area contributed by atoms with E-state index in [2.05, 4.69) is 10.5 Å². The predicted molar refractivity (Wildman–Crippen MR) is 80.1 cm³/mol. The van der Waals surface area contributed by atoms with E-state index in [0.717, 1.165) is 11.1 Å². The zero-order chi connectivity index (χ0) is 17.6. The number of carbonyl (C=O) groups is 1. The van der Waals surface area contributed by atoms with Gasteiger partial charge in [-0.3, -0.25) is 4.79 Å². The summed E-state index contributed by atoms with van der Waals surface area (Å²) in [5, 5.41) is 4.05. The Morgan fingerprint density at radius 3 is 2.67 bits per heavy atom. The standard InChI is InChI=1S/C15H17F3N4O2/c1-8-6-12(23)19-20-13(8)9-4-5-10(24-3)14-21(2)11(7-22(9)14)15(16,17)18/h4-5,7-8,14H,6H2,1-3H3,(H,19,23). The highest BCUT2D eigenvalue weighted by atomic mass is 19.4. The van der Waals surface area contributed by atoms with Gasteiger partial charge in [0.15, 0.2) is 6.17 Å². The van der Waals surface area contributed by atoms with Crippen LogP contribution in [0, 0.1) is 5.92 Å². The summed E-state index contributed by atoms with van der Waals surface area (Å²) in [7, 11) is 2.79. The molecule has 9 heteroatoms. The molecule has 24 heavy (non-hydrogen) atoms. The van der Waals surface area contributed by atoms with Gasteiger partial charge in [0.2, 0.25) is 5.91 Å². The fraction of sp³-hybridized carbons (Fsp3) is 0.467. The summed E-state index contributed by atoms with van der Waals surface area (Å²) in [4.78, 5) is 14.0. The number of halogens is 3. The number of alkyl halides is 3. The molecule has 2 unspecified atom stereocenters. The number of likely N-dealkylation sites (N-methyl/N-ethyl adjacent to an activating group) is 1. The van der Waals surface area contributed by atoms with E-state index in [1.807, 2.05) is 6.92 Å². The molecule has 3 aliphatic rings. The summed E-state index contributed by atoms with van der Waals surface area (Å²) in [6.45, 7) is 1.82. The molecular formula is C15H17F3N4O2. The molecule has 0 aromatic carbocycles. The molecule has 1 amide bonds. The second-order valence-corrected chi connectivity index (χ2v) is 5.87. The number of hydrazone groups is 1. The van der Waals surface area contributed by atoms with Crippen LogP contribution in [-0.2, 0) is 9.53 Å². The maximum atomic E-state index is 13.3. The number of rotatable bonds is 2. The fourth-order valence-electron chi connectivity index (χ4n) is 3.10. The monoisotopic (exact) mass is 342 g/mol. The third kappa shape index (κ3) is 2.53. The van der Waals surface area contributed by atoms with Gasteiger partial charge >= 0.3 is 6.18 Å². The van der Waals surface area contributed by atoms with Gasteiger partial charge < -0.3 is 14.5 Å². The number of amides is 1. The molecule has 0 aromatic heterocycles. The SMILES string of the molecule is COC1=CC=C(C2=NNC(=O)CC2C)N2C=C(C(F)(F)F)N(C)C12. The first-order chi connectivity index (χ1) is 11.2. The highest BCUT2D eigenvalue weighted by Crippen LogP contribution is 2.40. The largest absolute Gasteiger partial charge is 0.497 e. The lowest BCUT2D eigenvalue weighted by atomic mass is 9.95. The van der Waals surface area contributed by atoms with Crippen molar-refractivity contribution in [3.05, 3.63) is 35.5 Å². The average molecular weight is 342 g/mol. The number of nitrogens with one attached hydrogen (secondary N) is 1. The van der Waals surface area contributed by atoms with Crippen molar-refractivity contribution in [3.63, 3.8) is 0 Å². The number of ether oxygens (including phenoxy) is 1. The number of carbonyl (C=O) groups excluding carboxylic acids is 1. The highest BCUT2D eigenvalue weighted by Gasteiger charge is 2.48. The van der Waals surface area contributed by atoms with Crippen molar-refractivity contribution in [2.24, 2.45) is 11.0 Å². The molecule has 0 radical (unpaired) electrons. The molecule has 0 spiro atoms. The van der Waals surface area contributed by atoms with Gasteiger partial charge in [0, 0.05) is 25.6 Å². The number of methoxy groups -OCH3 is 1. The molecule has 0 saturated heterocycles. The lowest BCUT2D eigenvalue weighted by molar-refractivity contribution is -0.122. The van der Waals surface area contributed by atoms with Crippen LogP contribution in [0.25, 0.3) is 0 Å². The predicted octanol–water partition coefficient (Wildman–Crippen LogP) is 1.90. The molecule has 3 rings (SSSR count). The first-order valence-electron chi connectivity index (χ1n) is 7.37. The third-order valence-electron chi connectivity index (χ3n) is 4.26. The molecule has 3 aliphatic heterocycles. The van der Waals surface area contributed by atoms with Gasteiger partial charge in [0.1, 0.15) is 11.5 Å². The number of hydrogen-bond donors (Lipinski definition) is 1. The summed E-state index contributed by atoms with van der Waals surface area (Å²) in [6, 6.07) is 0. The van der Waals surface area contributed by atoms with Gasteiger partial charge in [-0.15, -0.1) is 0 Å². The minimum absolute atomic E-state index is 0.197. The molecule has 130 valence electrons. The van der Waals surface area contributed by atoms with E-state index in [0.29, 0.717) is 17.2 Å². The second kappa shape index (κ2) is 5.57. The quantitative estimate of drug-likeness (QED) is 0.833. The minimum atomic E-state index is -4.48. The zero-order valence-electron chi connectivity index (χ0n) is 13.4. The van der Waals surface area contributed by atoms with Crippen LogP contribution in [0.3, 0.4) is 0 Å². The molecule has 1 N–H and O–H groups in total. The van der Waals surface area contributed by atoms with Crippen molar-refractivity contribution in [1.29, 1.82) is 0 Å². The topological polar surface area (TPSA) is 57.2 Å². The maximum Gasteiger partial charge on any atom is 0.432 e. The summed E-state index contributed by atoms with van der Waals surface area (Å²) >= 11 is 0. The molecule has 0 aliphatic carbocycles. The van der Waals surface area contributed by atoms with Gasteiger partial charge in [0.05, 0.1) is 18.5 Å². The van der Waals surface area contributed by atoms with Gasteiger partial charge in [0.25, 0.3) is 0 Å². The summed E-state index contributed by atoms with van der Waals surface area (Å²) < 4.78 is 45.1. The van der Waals surface area contributed by atoms with Crippen LogP contribution in [0.5, 0.6) is 0 Å². The first kappa shape index (κ1) is 16.4. The van der Waals surface area contributed by atoms with Crippen molar-refractivity contribution in [2.75, 3.05) is 14.2 Å². The number of nitrogens with zero attached hydrogens (tertiary/aromatic N) is 3. The molecule has 0 saturated carbocycles. The maximum absolute atomic E-state index is 13.3. The van der Waals surface area contributed by atoms with Crippen LogP contribution in [0.15, 0.2) is 40.6 Å². The van der Waals surface area contributed by atoms with Gasteiger partial charge in [-0.05, 0) is 12.2 Å². The van der Waals surface area contributed by atoms with Crippen molar-refractivity contribution >= 4 is 11.6 Å². The number of hydrogen-bond acceptors (Lipinski definition) is 5. The Bertz CT molecular complexity index is 693. The first-order valence-corrected chi connectivity index (χ1v) is 7.37. The van der Waals surface area contributed by atoms with Crippen molar-refractivity contribution in [1.82, 2.24) is 15.2 Å². The average Bonchev–Trinajstić information content (AvgIpc) is 2.85. The lowest BCUT2D eigenvalue weighted by Gasteiger charge is -2.37. The van der Waals surface area contributed by atoms with Crippen LogP contribution in [0.4, 0.5) is 13.2 Å². The van der Waals surface area contributed by atoms with Crippen LogP contribution in [0.1, 0.15) is 13.3 Å². The number of allylic oxidation sites excluding steroid dienone is 4. The zero-order valence-corrected chi connectivity index (χ0v) is 13.4. The Balaban J connectivity index is 2.05.